The van der Waals surface area contributed by atoms with E-state index in [0.717, 1.165) is 22.6 Å². The number of nitrogens with one attached hydrogen (secondary N) is 1. The molecular formula is C24H31N3O4. The molecule has 1 atom stereocenters. The largest absolute Gasteiger partial charge is 0.497 e. The molecule has 0 saturated carbocycles. The van der Waals surface area contributed by atoms with Crippen LogP contribution in [-0.4, -0.2) is 54.7 Å². The SMILES string of the molecule is CCOc1ccc(CN(C)CN2C(=O)N[C@@](C)(CCc3ccc(OC)cc3)C2=O)cc1. The fourth-order valence-electron chi connectivity index (χ4n) is 3.69. The average Bonchev–Trinajstić information content (AvgIpc) is 2.97. The van der Waals surface area contributed by atoms with E-state index >= 15 is 0 Å². The summed E-state index contributed by atoms with van der Waals surface area (Å²) in [6, 6.07) is 15.2. The number of methoxy groups -OCH3 is 1. The Morgan fingerprint density at radius 1 is 1.00 bits per heavy atom. The van der Waals surface area contributed by atoms with Crippen LogP contribution in [0.5, 0.6) is 11.5 Å². The molecule has 0 aliphatic carbocycles. The minimum atomic E-state index is -0.906. The van der Waals surface area contributed by atoms with Crippen molar-refractivity contribution in [2.45, 2.75) is 38.8 Å². The van der Waals surface area contributed by atoms with Gasteiger partial charge in [-0.05, 0) is 69.1 Å². The molecule has 3 rings (SSSR count). The molecule has 2 aromatic rings. The maximum absolute atomic E-state index is 13.0. The van der Waals surface area contributed by atoms with Crippen LogP contribution in [0, 0.1) is 0 Å². The van der Waals surface area contributed by atoms with Crippen molar-refractivity contribution in [1.29, 1.82) is 0 Å². The number of hydrogen-bond acceptors (Lipinski definition) is 5. The highest BCUT2D eigenvalue weighted by molar-refractivity contribution is 6.06. The lowest BCUT2D eigenvalue weighted by molar-refractivity contribution is -0.132. The maximum atomic E-state index is 13.0. The van der Waals surface area contributed by atoms with Gasteiger partial charge in [0.15, 0.2) is 0 Å². The van der Waals surface area contributed by atoms with E-state index in [0.29, 0.717) is 26.0 Å². The van der Waals surface area contributed by atoms with Crippen LogP contribution < -0.4 is 14.8 Å². The molecule has 0 bridgehead atoms. The molecule has 2 aromatic carbocycles. The van der Waals surface area contributed by atoms with E-state index in [1.807, 2.05) is 67.4 Å². The zero-order valence-electron chi connectivity index (χ0n) is 18.7. The predicted octanol–water partition coefficient (Wildman–Crippen LogP) is 3.43. The van der Waals surface area contributed by atoms with Crippen molar-refractivity contribution in [1.82, 2.24) is 15.1 Å². The lowest BCUT2D eigenvalue weighted by atomic mass is 9.93. The van der Waals surface area contributed by atoms with Crippen molar-refractivity contribution in [3.63, 3.8) is 0 Å². The van der Waals surface area contributed by atoms with Gasteiger partial charge in [0.1, 0.15) is 17.0 Å². The third-order valence-electron chi connectivity index (χ3n) is 5.49. The molecule has 3 amide bonds. The van der Waals surface area contributed by atoms with Gasteiger partial charge in [0, 0.05) is 6.54 Å². The quantitative estimate of drug-likeness (QED) is 0.591. The Morgan fingerprint density at radius 3 is 2.23 bits per heavy atom. The highest BCUT2D eigenvalue weighted by atomic mass is 16.5. The third kappa shape index (κ3) is 5.55. The topological polar surface area (TPSA) is 71.1 Å². The fraction of sp³-hybridized carbons (Fsp3) is 0.417. The second-order valence-corrected chi connectivity index (χ2v) is 8.08. The summed E-state index contributed by atoms with van der Waals surface area (Å²) in [5.41, 5.74) is 1.27. The van der Waals surface area contributed by atoms with E-state index < -0.39 is 5.54 Å². The monoisotopic (exact) mass is 425 g/mol. The summed E-state index contributed by atoms with van der Waals surface area (Å²) < 4.78 is 10.6. The van der Waals surface area contributed by atoms with Crippen LogP contribution in [0.25, 0.3) is 0 Å². The molecule has 7 nitrogen and oxygen atoms in total. The molecule has 0 radical (unpaired) electrons. The van der Waals surface area contributed by atoms with Crippen molar-refractivity contribution in [3.8, 4) is 11.5 Å². The molecule has 0 unspecified atom stereocenters. The van der Waals surface area contributed by atoms with Gasteiger partial charge in [-0.15, -0.1) is 0 Å². The number of amides is 3. The van der Waals surface area contributed by atoms with E-state index in [1.54, 1.807) is 14.0 Å². The molecule has 7 heteroatoms. The summed E-state index contributed by atoms with van der Waals surface area (Å²) in [6.07, 6.45) is 1.21. The van der Waals surface area contributed by atoms with E-state index in [-0.39, 0.29) is 18.6 Å². The molecule has 1 aliphatic rings. The van der Waals surface area contributed by atoms with Gasteiger partial charge >= 0.3 is 6.03 Å². The van der Waals surface area contributed by atoms with Crippen LogP contribution in [0.3, 0.4) is 0 Å². The molecular weight excluding hydrogens is 394 g/mol. The molecule has 0 aromatic heterocycles. The molecule has 1 heterocycles. The van der Waals surface area contributed by atoms with Gasteiger partial charge in [0.2, 0.25) is 0 Å². The molecule has 0 spiro atoms. The number of carbonyl (C=O) groups excluding carboxylic acids is 2. The van der Waals surface area contributed by atoms with Crippen molar-refractivity contribution in [2.24, 2.45) is 0 Å². The van der Waals surface area contributed by atoms with Crippen LogP contribution in [0.2, 0.25) is 0 Å². The van der Waals surface area contributed by atoms with Gasteiger partial charge < -0.3 is 14.8 Å². The first kappa shape index (κ1) is 22.6. The van der Waals surface area contributed by atoms with Gasteiger partial charge in [-0.25, -0.2) is 9.69 Å². The van der Waals surface area contributed by atoms with E-state index in [1.165, 1.54) is 4.90 Å². The van der Waals surface area contributed by atoms with E-state index in [9.17, 15) is 9.59 Å². The van der Waals surface area contributed by atoms with Gasteiger partial charge in [-0.2, -0.15) is 0 Å². The number of hydrogen-bond donors (Lipinski definition) is 1. The summed E-state index contributed by atoms with van der Waals surface area (Å²) in [4.78, 5) is 28.8. The Hall–Kier alpha value is -3.06. The number of aryl methyl sites for hydroxylation is 1. The van der Waals surface area contributed by atoms with Crippen LogP contribution in [0.1, 0.15) is 31.4 Å². The number of carbonyl (C=O) groups is 2. The fourth-order valence-corrected chi connectivity index (χ4v) is 3.69. The number of urea groups is 1. The highest BCUT2D eigenvalue weighted by Crippen LogP contribution is 2.24. The predicted molar refractivity (Wildman–Crippen MR) is 119 cm³/mol. The third-order valence-corrected chi connectivity index (χ3v) is 5.49. The lowest BCUT2D eigenvalue weighted by Gasteiger charge is -2.24. The van der Waals surface area contributed by atoms with Crippen LogP contribution in [0.4, 0.5) is 4.79 Å². The zero-order valence-corrected chi connectivity index (χ0v) is 18.7. The Labute approximate surface area is 183 Å². The van der Waals surface area contributed by atoms with Crippen LogP contribution in [0.15, 0.2) is 48.5 Å². The number of rotatable bonds is 10. The zero-order chi connectivity index (χ0) is 22.4. The second-order valence-electron chi connectivity index (χ2n) is 8.08. The summed E-state index contributed by atoms with van der Waals surface area (Å²) in [7, 11) is 3.52. The summed E-state index contributed by atoms with van der Waals surface area (Å²) >= 11 is 0. The second kappa shape index (κ2) is 9.83. The molecule has 31 heavy (non-hydrogen) atoms. The molecule has 1 fully saturated rings. The van der Waals surface area contributed by atoms with Gasteiger partial charge in [0.25, 0.3) is 5.91 Å². The maximum Gasteiger partial charge on any atom is 0.326 e. The van der Waals surface area contributed by atoms with Crippen molar-refractivity contribution in [3.05, 3.63) is 59.7 Å². The molecule has 1 aliphatic heterocycles. The normalized spacial score (nSPS) is 18.4. The van der Waals surface area contributed by atoms with Crippen molar-refractivity contribution >= 4 is 11.9 Å². The Balaban J connectivity index is 1.56. The standard InChI is InChI=1S/C24H31N3O4/c1-5-31-21-12-8-19(9-13-21)16-26(3)17-27-22(28)24(2,25-23(27)29)15-14-18-6-10-20(30-4)11-7-18/h6-13H,5,14-17H2,1-4H3,(H,25,29)/t24-/m0/s1. The number of imide groups is 1. The molecule has 166 valence electrons. The minimum Gasteiger partial charge on any atom is -0.497 e. The molecule has 1 saturated heterocycles. The number of ether oxygens (including phenoxy) is 2. The first-order valence-corrected chi connectivity index (χ1v) is 10.5. The summed E-state index contributed by atoms with van der Waals surface area (Å²) in [6.45, 7) is 5.22. The van der Waals surface area contributed by atoms with Crippen molar-refractivity contribution in [2.75, 3.05) is 27.4 Å². The first-order chi connectivity index (χ1) is 14.8. The smallest absolute Gasteiger partial charge is 0.326 e. The van der Waals surface area contributed by atoms with Gasteiger partial charge in [0.05, 0.1) is 20.4 Å². The first-order valence-electron chi connectivity index (χ1n) is 10.5. The molecule has 1 N–H and O–H groups in total. The Morgan fingerprint density at radius 2 is 1.61 bits per heavy atom. The number of nitrogens with zero attached hydrogens (tertiary/aromatic N) is 2. The van der Waals surface area contributed by atoms with Crippen molar-refractivity contribution < 1.29 is 19.1 Å². The Bertz CT molecular complexity index is 898. The van der Waals surface area contributed by atoms with Gasteiger partial charge in [-0.3, -0.25) is 9.69 Å². The van der Waals surface area contributed by atoms with E-state index in [2.05, 4.69) is 5.32 Å². The van der Waals surface area contributed by atoms with Crippen LogP contribution in [-0.2, 0) is 17.8 Å². The number of benzene rings is 2. The van der Waals surface area contributed by atoms with Crippen LogP contribution >= 0.6 is 0 Å². The average molecular weight is 426 g/mol. The summed E-state index contributed by atoms with van der Waals surface area (Å²) in [5, 5.41) is 2.88. The highest BCUT2D eigenvalue weighted by Gasteiger charge is 2.47. The Kier molecular flexibility index (Phi) is 7.17. The van der Waals surface area contributed by atoms with E-state index in [4.69, 9.17) is 9.47 Å². The minimum absolute atomic E-state index is 0.190. The summed E-state index contributed by atoms with van der Waals surface area (Å²) in [5.74, 6) is 1.43. The lowest BCUT2D eigenvalue weighted by Crippen LogP contribution is -2.45. The van der Waals surface area contributed by atoms with Gasteiger partial charge in [-0.1, -0.05) is 24.3 Å².